The Labute approximate surface area is 175 Å². The fourth-order valence-corrected chi connectivity index (χ4v) is 4.63. The van der Waals surface area contributed by atoms with Crippen LogP contribution in [0.5, 0.6) is 5.75 Å². The van der Waals surface area contributed by atoms with Gasteiger partial charge in [-0.1, -0.05) is 18.2 Å². The molecule has 160 valence electrons. The molecule has 8 nitrogen and oxygen atoms in total. The minimum absolute atomic E-state index is 0.0145. The number of fused-ring (bicyclic) bond motifs is 1. The summed E-state index contributed by atoms with van der Waals surface area (Å²) >= 11 is 0. The standard InChI is InChI=1S/C20H23FN4O4S/c21-15-7-2-1-6-14(15)20(26)25-10-4-5-13(11-25)12-29-17-9-3-8-16-18(17)19(22)24-30(27,28)23-16/h1-3,6-9,13,23,27-28H,4-5,10-12H2,(H2,22,24). The zero-order valence-corrected chi connectivity index (χ0v) is 16.9. The number of anilines is 1. The van der Waals surface area contributed by atoms with Gasteiger partial charge < -0.3 is 15.4 Å². The molecule has 0 bridgehead atoms. The molecule has 1 unspecified atom stereocenters. The number of halogens is 1. The molecule has 2 aromatic carbocycles. The Balaban J connectivity index is 1.44. The van der Waals surface area contributed by atoms with Crippen LogP contribution in [-0.4, -0.2) is 45.4 Å². The maximum Gasteiger partial charge on any atom is 0.256 e. The van der Waals surface area contributed by atoms with E-state index in [1.54, 1.807) is 35.2 Å². The predicted octanol–water partition coefficient (Wildman–Crippen LogP) is 3.47. The molecule has 5 N–H and O–H groups in total. The van der Waals surface area contributed by atoms with Gasteiger partial charge in [0.2, 0.25) is 0 Å². The number of carbonyl (C=O) groups is 1. The van der Waals surface area contributed by atoms with Gasteiger partial charge >= 0.3 is 0 Å². The third-order valence-electron chi connectivity index (χ3n) is 5.14. The molecule has 2 aliphatic heterocycles. The summed E-state index contributed by atoms with van der Waals surface area (Å²) in [4.78, 5) is 14.4. The van der Waals surface area contributed by atoms with Crippen LogP contribution >= 0.6 is 11.0 Å². The van der Waals surface area contributed by atoms with E-state index in [9.17, 15) is 18.3 Å². The van der Waals surface area contributed by atoms with Gasteiger partial charge in [-0.3, -0.25) is 18.6 Å². The molecule has 2 heterocycles. The SMILES string of the molecule is NC1=NS(O)(O)Nc2cccc(OCC3CCCN(C(=O)c4ccccc4F)C3)c21. The van der Waals surface area contributed by atoms with Crippen molar-refractivity contribution in [2.75, 3.05) is 24.4 Å². The van der Waals surface area contributed by atoms with Crippen molar-refractivity contribution in [3.63, 3.8) is 0 Å². The highest BCUT2D eigenvalue weighted by atomic mass is 32.3. The first kappa shape index (κ1) is 20.5. The van der Waals surface area contributed by atoms with Crippen LogP contribution < -0.4 is 15.2 Å². The van der Waals surface area contributed by atoms with E-state index < -0.39 is 16.8 Å². The van der Waals surface area contributed by atoms with Crippen LogP contribution in [0.2, 0.25) is 0 Å². The Kier molecular flexibility index (Phi) is 5.54. The molecular weight excluding hydrogens is 411 g/mol. The van der Waals surface area contributed by atoms with Gasteiger partial charge in [0.25, 0.3) is 5.91 Å². The maximum absolute atomic E-state index is 14.0. The van der Waals surface area contributed by atoms with Crippen LogP contribution in [0.3, 0.4) is 0 Å². The first-order valence-corrected chi connectivity index (χ1v) is 11.1. The summed E-state index contributed by atoms with van der Waals surface area (Å²) in [7, 11) is -3.36. The molecule has 1 amide bonds. The molecule has 1 fully saturated rings. The van der Waals surface area contributed by atoms with Crippen molar-refractivity contribution in [1.29, 1.82) is 0 Å². The minimum atomic E-state index is -3.36. The predicted molar refractivity (Wildman–Crippen MR) is 114 cm³/mol. The van der Waals surface area contributed by atoms with Gasteiger partial charge in [0.15, 0.2) is 5.84 Å². The van der Waals surface area contributed by atoms with E-state index in [-0.39, 0.29) is 23.2 Å². The zero-order chi connectivity index (χ0) is 21.3. The Morgan fingerprint density at radius 1 is 1.30 bits per heavy atom. The number of amides is 1. The molecule has 0 spiro atoms. The number of likely N-dealkylation sites (tertiary alicyclic amines) is 1. The third kappa shape index (κ3) is 4.20. The van der Waals surface area contributed by atoms with Gasteiger partial charge in [-0.25, -0.2) is 4.39 Å². The first-order chi connectivity index (χ1) is 14.3. The Bertz CT molecular complexity index is 1000. The van der Waals surface area contributed by atoms with Crippen LogP contribution in [0.1, 0.15) is 28.8 Å². The molecule has 0 radical (unpaired) electrons. The van der Waals surface area contributed by atoms with E-state index in [1.165, 1.54) is 12.1 Å². The lowest BCUT2D eigenvalue weighted by molar-refractivity contribution is 0.0629. The highest BCUT2D eigenvalue weighted by molar-refractivity contribution is 8.24. The van der Waals surface area contributed by atoms with Gasteiger partial charge in [0, 0.05) is 19.0 Å². The summed E-state index contributed by atoms with van der Waals surface area (Å²) in [6, 6.07) is 11.1. The second-order valence-corrected chi connectivity index (χ2v) is 8.75. The lowest BCUT2D eigenvalue weighted by Gasteiger charge is -2.34. The van der Waals surface area contributed by atoms with Crippen LogP contribution in [0, 0.1) is 11.7 Å². The van der Waals surface area contributed by atoms with Crippen LogP contribution in [0.4, 0.5) is 10.1 Å². The van der Waals surface area contributed by atoms with E-state index in [4.69, 9.17) is 10.5 Å². The van der Waals surface area contributed by atoms with E-state index in [1.807, 2.05) is 0 Å². The number of hydrogen-bond donors (Lipinski definition) is 4. The van der Waals surface area contributed by atoms with Crippen molar-refractivity contribution < 1.29 is 23.0 Å². The number of nitrogens with zero attached hydrogens (tertiary/aromatic N) is 2. The molecule has 0 aliphatic carbocycles. The van der Waals surface area contributed by atoms with Crippen molar-refractivity contribution in [3.05, 3.63) is 59.4 Å². The van der Waals surface area contributed by atoms with Gasteiger partial charge in [-0.2, -0.15) is 0 Å². The van der Waals surface area contributed by atoms with Crippen LogP contribution in [0.25, 0.3) is 0 Å². The molecular formula is C20H23FN4O4S. The minimum Gasteiger partial charge on any atom is -0.492 e. The van der Waals surface area contributed by atoms with Gasteiger partial charge in [0.05, 0.1) is 23.4 Å². The van der Waals surface area contributed by atoms with Crippen molar-refractivity contribution >= 4 is 28.4 Å². The Morgan fingerprint density at radius 2 is 2.10 bits per heavy atom. The summed E-state index contributed by atoms with van der Waals surface area (Å²) < 4.78 is 45.7. The number of nitrogens with two attached hydrogens (primary N) is 1. The average Bonchev–Trinajstić information content (AvgIpc) is 2.71. The number of carbonyl (C=O) groups excluding carboxylic acids is 1. The summed E-state index contributed by atoms with van der Waals surface area (Å²) in [6.07, 6.45) is 1.67. The monoisotopic (exact) mass is 434 g/mol. The number of piperidine rings is 1. The summed E-state index contributed by atoms with van der Waals surface area (Å²) in [5.41, 5.74) is 6.89. The number of nitrogens with one attached hydrogen (secondary N) is 1. The second-order valence-electron chi connectivity index (χ2n) is 7.33. The fourth-order valence-electron chi connectivity index (χ4n) is 3.75. The average molecular weight is 434 g/mol. The van der Waals surface area contributed by atoms with E-state index >= 15 is 0 Å². The molecule has 10 heteroatoms. The zero-order valence-electron chi connectivity index (χ0n) is 16.1. The quantitative estimate of drug-likeness (QED) is 0.585. The third-order valence-corrected chi connectivity index (χ3v) is 6.08. The molecule has 1 saturated heterocycles. The topological polar surface area (TPSA) is 120 Å². The van der Waals surface area contributed by atoms with Crippen molar-refractivity contribution in [3.8, 4) is 5.75 Å². The highest BCUT2D eigenvalue weighted by Crippen LogP contribution is 2.46. The molecule has 30 heavy (non-hydrogen) atoms. The highest BCUT2D eigenvalue weighted by Gasteiger charge is 2.28. The summed E-state index contributed by atoms with van der Waals surface area (Å²) in [6.45, 7) is 1.37. The molecule has 0 saturated carbocycles. The number of rotatable bonds is 4. The number of hydrogen-bond acceptors (Lipinski definition) is 7. The van der Waals surface area contributed by atoms with Crippen molar-refractivity contribution in [2.24, 2.45) is 16.0 Å². The lowest BCUT2D eigenvalue weighted by atomic mass is 9.98. The molecule has 1 atom stereocenters. The second kappa shape index (κ2) is 8.13. The van der Waals surface area contributed by atoms with Gasteiger partial charge in [-0.15, -0.1) is 4.40 Å². The first-order valence-electron chi connectivity index (χ1n) is 9.55. The maximum atomic E-state index is 14.0. The smallest absolute Gasteiger partial charge is 0.256 e. The van der Waals surface area contributed by atoms with Crippen molar-refractivity contribution in [2.45, 2.75) is 12.8 Å². The Hall–Kier alpha value is -2.82. The van der Waals surface area contributed by atoms with E-state index in [0.29, 0.717) is 36.7 Å². The van der Waals surface area contributed by atoms with Crippen LogP contribution in [0.15, 0.2) is 46.9 Å². The van der Waals surface area contributed by atoms with E-state index in [2.05, 4.69) is 9.12 Å². The Morgan fingerprint density at radius 3 is 2.90 bits per heavy atom. The number of benzene rings is 2. The summed E-state index contributed by atoms with van der Waals surface area (Å²) in [5.74, 6) is -0.320. The van der Waals surface area contributed by atoms with Crippen LogP contribution in [-0.2, 0) is 0 Å². The largest absolute Gasteiger partial charge is 0.492 e. The molecule has 2 aromatic rings. The van der Waals surface area contributed by atoms with Gasteiger partial charge in [-0.05, 0) is 48.1 Å². The van der Waals surface area contributed by atoms with E-state index in [0.717, 1.165) is 12.8 Å². The number of ether oxygens (including phenoxy) is 1. The van der Waals surface area contributed by atoms with Crippen molar-refractivity contribution in [1.82, 2.24) is 4.90 Å². The molecule has 4 rings (SSSR count). The normalized spacial score (nSPS) is 21.1. The van der Waals surface area contributed by atoms with Gasteiger partial charge in [0.1, 0.15) is 11.6 Å². The molecule has 2 aliphatic rings. The number of amidine groups is 1. The molecule has 0 aromatic heterocycles. The fraction of sp³-hybridized carbons (Fsp3) is 0.300. The summed E-state index contributed by atoms with van der Waals surface area (Å²) in [5, 5.41) is 0. The lowest BCUT2D eigenvalue weighted by Crippen LogP contribution is -2.42.